The highest BCUT2D eigenvalue weighted by Crippen LogP contribution is 2.63. The van der Waals surface area contributed by atoms with Gasteiger partial charge < -0.3 is 137 Å². The van der Waals surface area contributed by atoms with Gasteiger partial charge in [-0.2, -0.15) is 9.97 Å². The molecule has 0 spiro atoms. The topological polar surface area (TPSA) is 626 Å². The van der Waals surface area contributed by atoms with Gasteiger partial charge >= 0.3 is 17.1 Å². The normalized spacial score (nSPS) is 35.0. The minimum absolute atomic E-state index is 0.0204. The highest BCUT2D eigenvalue weighted by atomic mass is 32.7. The van der Waals surface area contributed by atoms with Crippen LogP contribution in [0.4, 0.5) is 17.6 Å². The van der Waals surface area contributed by atoms with Crippen LogP contribution in [0.2, 0.25) is 0 Å². The first-order valence-corrected chi connectivity index (χ1v) is 47.0. The predicted octanol–water partition coefficient (Wildman–Crippen LogP) is -3.65. The maximum Gasteiger partial charge on any atom is 0.351 e. The van der Waals surface area contributed by atoms with Crippen LogP contribution in [-0.4, -0.2) is 209 Å². The van der Waals surface area contributed by atoms with Crippen LogP contribution in [0.3, 0.4) is 0 Å². The van der Waals surface area contributed by atoms with Gasteiger partial charge in [0.1, 0.15) is 123 Å². The van der Waals surface area contributed by atoms with Crippen LogP contribution in [0.5, 0.6) is 0 Å². The van der Waals surface area contributed by atoms with Gasteiger partial charge in [0.05, 0.1) is 76.2 Å². The number of aliphatic hydroxyl groups is 1. The molecule has 0 saturated carbocycles. The number of aromatic amines is 3. The number of aromatic nitrogens is 14. The van der Waals surface area contributed by atoms with Crippen molar-refractivity contribution in [2.24, 2.45) is 0 Å². The van der Waals surface area contributed by atoms with E-state index in [1.54, 1.807) is 6.92 Å². The maximum absolute atomic E-state index is 15.4. The second-order valence-corrected chi connectivity index (χ2v) is 41.4. The molecule has 26 atom stereocenters. The lowest BCUT2D eigenvalue weighted by Gasteiger charge is -2.42. The van der Waals surface area contributed by atoms with E-state index in [-0.39, 0.29) is 63.9 Å². The molecule has 8 aliphatic rings. The van der Waals surface area contributed by atoms with Gasteiger partial charge in [-0.3, -0.25) is 56.7 Å². The molecule has 0 amide bonds. The van der Waals surface area contributed by atoms with Crippen molar-refractivity contribution in [2.45, 2.75) is 182 Å². The van der Waals surface area contributed by atoms with Gasteiger partial charge in [-0.05, 0) is 41.5 Å². The number of nitrogens with one attached hydrogen (secondary N) is 3. The smallest absolute Gasteiger partial charge is 0.351 e. The molecule has 0 radical (unpaired) electrons. The zero-order valence-corrected chi connectivity index (χ0v) is 68.6. The number of H-pyrrole nitrogens is 3. The van der Waals surface area contributed by atoms with Crippen LogP contribution in [0.1, 0.15) is 81.4 Å². The van der Waals surface area contributed by atoms with Crippen molar-refractivity contribution in [3.05, 3.63) is 117 Å². The lowest BCUT2D eigenvalue weighted by molar-refractivity contribution is -0.240. The molecule has 10 unspecified atom stereocenters. The Morgan fingerprint density at radius 2 is 1.03 bits per heavy atom. The summed E-state index contributed by atoms with van der Waals surface area (Å²) in [7, 11) is 1.03. The molecule has 10 N–H and O–H groups in total. The molecule has 8 fully saturated rings. The maximum atomic E-state index is 15.4. The van der Waals surface area contributed by atoms with Crippen LogP contribution < -0.4 is 70.5 Å². The molecule has 7 aromatic rings. The van der Waals surface area contributed by atoms with E-state index in [4.69, 9.17) is 160 Å². The Morgan fingerprint density at radius 3 is 1.62 bits per heavy atom. The van der Waals surface area contributed by atoms with E-state index >= 15 is 9.46 Å². The number of rotatable bonds is 29. The predicted molar refractivity (Wildman–Crippen MR) is 395 cm³/mol. The molecule has 7 aromatic heterocycles. The van der Waals surface area contributed by atoms with Crippen molar-refractivity contribution in [3.63, 3.8) is 0 Å². The monoisotopic (exact) mass is 1790 g/mol. The third-order valence-electron chi connectivity index (χ3n) is 20.9. The Morgan fingerprint density at radius 1 is 0.553 bits per heavy atom. The summed E-state index contributed by atoms with van der Waals surface area (Å²) in [6, 6.07) is 0. The van der Waals surface area contributed by atoms with Gasteiger partial charge in [-0.25, -0.2) is 34.3 Å². The number of aliphatic hydroxyl groups excluding tert-OH is 1. The van der Waals surface area contributed by atoms with E-state index in [1.165, 1.54) is 68.8 Å². The Hall–Kier alpha value is -5.20. The minimum atomic E-state index is -5.17. The third kappa shape index (κ3) is 15.4. The largest absolute Gasteiger partial charge is 0.780 e. The highest BCUT2D eigenvalue weighted by Gasteiger charge is 2.71. The molecular weight excluding hydrogens is 1720 g/mol. The van der Waals surface area contributed by atoms with Crippen molar-refractivity contribution < 1.29 is 112 Å². The Bertz CT molecular complexity index is 5630. The molecule has 8 aliphatic heterocycles. The summed E-state index contributed by atoms with van der Waals surface area (Å²) in [5.41, 5.74) is 7.45. The number of anilines is 3. The summed E-state index contributed by atoms with van der Waals surface area (Å²) in [5, 5.41) is 10.9. The molecule has 47 nitrogen and oxygen atoms in total. The standard InChI is InChI=1S/C57H74N17O30P5S5/c1-21-10-71(52(79)65-41(21)58)48-35-38(55(15-75,97-48)24(4)92-35)102-108(85,113)90-16-56-25(5)93-36(49(98-56)72-12-23(3)46(77)69-54(72)81)39(56)104-109(86,114)91-17-57-26(6)94-37(50(99-57)74-20-63-33-42(59)61-18-62-43(33)74)40(57)103-107(84,112)89-14-30-28(9-32(96-30)73-19-64-34-44(73)66-51(60)67-47(34)78)101-106(83,111)88-13-29-27(100-105(82,110)87-7)8-31(95-29)70-11-22(2)45(76)68-53(70)80/h10-12,18-20,24-32,35-40,48-50,75H,8-9,13-17H2,1-7H3,(H,82,110)(H,83,111)(H,84,112)(H,85,113)(H,86,114)(H2,58,65,79)(H2,59,61,62)(H,68,76,80)(H,69,77,81)(H3,60,66,67,78)/p-5/t24-,25-,26-,27?,28?,29+,30+,31+,32+,35-,36-,37-,38?,39?,40?,48+,49+,50+,55-,56-,57-,105?,106?,107?,108?,109?/m0/s1. The molecule has 0 aliphatic carbocycles. The highest BCUT2D eigenvalue weighted by molar-refractivity contribution is 8.32. The molecule has 6 bridgehead atoms. The van der Waals surface area contributed by atoms with E-state index < -0.39 is 228 Å². The molecule has 114 heavy (non-hydrogen) atoms. The van der Waals surface area contributed by atoms with Gasteiger partial charge in [-0.15, -0.1) is 0 Å². The number of hydrogen-bond donors (Lipinski definition) is 7. The first kappa shape index (κ1) is 83.8. The van der Waals surface area contributed by atoms with Gasteiger partial charge in [0.25, 0.3) is 16.7 Å². The second kappa shape index (κ2) is 30.8. The van der Waals surface area contributed by atoms with E-state index in [9.17, 15) is 48.6 Å². The van der Waals surface area contributed by atoms with Crippen molar-refractivity contribution in [1.82, 2.24) is 67.7 Å². The quantitative estimate of drug-likeness (QED) is 0.0176. The van der Waals surface area contributed by atoms with Crippen LogP contribution in [0.15, 0.2) is 66.3 Å². The number of nitrogen functional groups attached to an aromatic ring is 3. The fourth-order valence-corrected chi connectivity index (χ4v) is 21.8. The Kier molecular flexibility index (Phi) is 22.7. The average molecular weight is 1790 g/mol. The first-order chi connectivity index (χ1) is 53.6. The molecular formula is C57H69N17O30P5S5-5. The van der Waals surface area contributed by atoms with Crippen molar-refractivity contribution in [2.75, 3.05) is 57.3 Å². The lowest BCUT2D eigenvalue weighted by atomic mass is 9.94. The van der Waals surface area contributed by atoms with Crippen molar-refractivity contribution in [3.8, 4) is 0 Å². The summed E-state index contributed by atoms with van der Waals surface area (Å²) < 4.78 is 131. The van der Waals surface area contributed by atoms with Crippen molar-refractivity contribution in [1.29, 1.82) is 0 Å². The number of hydrogen-bond acceptors (Lipinski definition) is 44. The fourth-order valence-electron chi connectivity index (χ4n) is 15.0. The van der Waals surface area contributed by atoms with Crippen LogP contribution in [-0.2, 0) is 147 Å². The molecule has 15 rings (SSSR count). The van der Waals surface area contributed by atoms with Crippen LogP contribution >= 0.6 is 33.7 Å². The number of ether oxygens (including phenoxy) is 8. The number of aryl methyl sites for hydroxylation is 3. The van der Waals surface area contributed by atoms with Gasteiger partial charge in [0.2, 0.25) is 5.95 Å². The average Bonchev–Trinajstić information content (AvgIpc) is 2.09. The lowest BCUT2D eigenvalue weighted by Crippen LogP contribution is -2.52. The molecule has 0 aromatic carbocycles. The first-order valence-electron chi connectivity index (χ1n) is 34.3. The summed E-state index contributed by atoms with van der Waals surface area (Å²) in [6.45, 7) is -19.7. The van der Waals surface area contributed by atoms with E-state index in [1.807, 2.05) is 0 Å². The van der Waals surface area contributed by atoms with Crippen LogP contribution in [0, 0.1) is 20.8 Å². The van der Waals surface area contributed by atoms with Gasteiger partial charge in [0, 0.05) is 55.2 Å². The Labute approximate surface area is 665 Å². The SMILES string of the molecule is COP([O-])(=S)OC1C[C@H](n2cc(C)c(=O)[nH]c2=O)O[C@@H]1COP([O-])(=S)OC1C[C@H](n2cnc3c(=O)[nH]c(N)nc32)O[C@@H]1COP([O-])(=S)OC1[C@@H]2O[C@@H](C)[C@]1(COP(=O)([S-])OC1[C@@H]3O[C@@H](C)[C@]1(COP([O-])(=S)OC1[C@@H]4O[C@@H](C)[C@]1(CO)O[C@H]4n1cc(C)c(N)nc1=O)O[C@H]3n1cc(C)c(=O)[nH]c1=O)O[C@H]2n1cnc2c(N)ncnc21. The number of imidazole rings is 2. The van der Waals surface area contributed by atoms with Gasteiger partial charge in [-0.1, -0.05) is 47.2 Å². The number of nitrogens with zero attached hydrogens (tertiary/aromatic N) is 11. The summed E-state index contributed by atoms with van der Waals surface area (Å²) in [5.74, 6) is -0.432. The van der Waals surface area contributed by atoms with E-state index in [2.05, 4.69) is 44.9 Å². The number of fused-ring (bicyclic) bond motifs is 8. The summed E-state index contributed by atoms with van der Waals surface area (Å²) >= 11 is 27.3. The minimum Gasteiger partial charge on any atom is -0.780 e. The molecule has 8 saturated heterocycles. The van der Waals surface area contributed by atoms with E-state index in [0.29, 0.717) is 5.56 Å². The second-order valence-electron chi connectivity index (χ2n) is 27.7. The van der Waals surface area contributed by atoms with E-state index in [0.717, 1.165) is 33.3 Å². The zero-order chi connectivity index (χ0) is 81.8. The van der Waals surface area contributed by atoms with Gasteiger partial charge in [0.15, 0.2) is 48.1 Å². The Balaban J connectivity index is 0.696. The summed E-state index contributed by atoms with van der Waals surface area (Å²) in [4.78, 5) is 167. The molecule has 15 heterocycles. The molecule has 57 heteroatoms. The molecule has 622 valence electrons. The summed E-state index contributed by atoms with van der Waals surface area (Å²) in [6.07, 6.45) is -18.3. The van der Waals surface area contributed by atoms with Crippen molar-refractivity contribution >= 4 is 133 Å². The zero-order valence-electron chi connectivity index (χ0n) is 60.0. The van der Waals surface area contributed by atoms with Crippen LogP contribution in [0.25, 0.3) is 22.3 Å². The third-order valence-corrected chi connectivity index (χ3v) is 28.7. The fraction of sp³-hybridized carbons (Fsp3) is 0.614. The number of nitrogens with two attached hydrogens (primary N) is 3.